The zero-order valence-corrected chi connectivity index (χ0v) is 21.5. The Morgan fingerprint density at radius 3 is 2.38 bits per heavy atom. The number of hydrogen-bond acceptors (Lipinski definition) is 5. The monoisotopic (exact) mass is 551 g/mol. The van der Waals surface area contributed by atoms with Gasteiger partial charge in [-0.2, -0.15) is 0 Å². The van der Waals surface area contributed by atoms with Crippen molar-refractivity contribution in [2.24, 2.45) is 0 Å². The molecule has 10 heteroatoms. The molecule has 1 aromatic heterocycles. The molecule has 0 spiro atoms. The summed E-state index contributed by atoms with van der Waals surface area (Å²) >= 11 is 0. The van der Waals surface area contributed by atoms with Crippen molar-refractivity contribution in [1.82, 2.24) is 9.88 Å². The first-order chi connectivity index (χ1) is 19.3. The molecule has 1 atom stereocenters. The molecule has 6 nitrogen and oxygen atoms in total. The zero-order valence-electron chi connectivity index (χ0n) is 21.5. The number of rotatable bonds is 7. The normalized spacial score (nSPS) is 14.0. The predicted octanol–water partition coefficient (Wildman–Crippen LogP) is 5.92. The smallest absolute Gasteiger partial charge is 0.340 e. The van der Waals surface area contributed by atoms with E-state index in [0.717, 1.165) is 17.8 Å². The number of carbonyl (C=O) groups excluding carboxylic acids is 2. The van der Waals surface area contributed by atoms with Gasteiger partial charge in [0.05, 0.1) is 11.1 Å². The Hall–Kier alpha value is -4.31. The Labute approximate surface area is 227 Å². The van der Waals surface area contributed by atoms with Gasteiger partial charge in [-0.25, -0.2) is 22.4 Å². The van der Waals surface area contributed by atoms with Crippen molar-refractivity contribution in [3.63, 3.8) is 0 Å². The van der Waals surface area contributed by atoms with E-state index in [1.54, 1.807) is 24.3 Å². The van der Waals surface area contributed by atoms with E-state index >= 15 is 0 Å². The lowest BCUT2D eigenvalue weighted by Crippen LogP contribution is -2.35. The number of nitrogens with zero attached hydrogens (tertiary/aromatic N) is 2. The van der Waals surface area contributed by atoms with Crippen molar-refractivity contribution in [3.05, 3.63) is 106 Å². The van der Waals surface area contributed by atoms with Crippen molar-refractivity contribution < 1.29 is 31.9 Å². The first kappa shape index (κ1) is 27.3. The fraction of sp³-hybridized carbons (Fsp3) is 0.233. The van der Waals surface area contributed by atoms with Gasteiger partial charge < -0.3 is 10.1 Å². The molecule has 0 saturated carbocycles. The van der Waals surface area contributed by atoms with Gasteiger partial charge in [0.1, 0.15) is 5.69 Å². The number of carbonyl (C=O) groups is 2. The topological polar surface area (TPSA) is 71.5 Å². The molecule has 0 fully saturated rings. The molecule has 1 amide bonds. The maximum Gasteiger partial charge on any atom is 0.340 e. The minimum absolute atomic E-state index is 0.0381. The Kier molecular flexibility index (Phi) is 7.79. The van der Waals surface area contributed by atoms with Crippen LogP contribution in [0.5, 0.6) is 0 Å². The molecule has 0 bridgehead atoms. The number of para-hydroxylation sites is 1. The third-order valence-electron chi connectivity index (χ3n) is 6.85. The largest absolute Gasteiger partial charge is 0.449 e. The zero-order chi connectivity index (χ0) is 28.4. The first-order valence-electron chi connectivity index (χ1n) is 12.8. The van der Waals surface area contributed by atoms with Gasteiger partial charge in [-0.05, 0) is 18.1 Å². The summed E-state index contributed by atoms with van der Waals surface area (Å²) in [6.07, 6.45) is -0.970. The molecular weight excluding hydrogens is 526 g/mol. The van der Waals surface area contributed by atoms with E-state index in [0.29, 0.717) is 36.0 Å². The molecule has 40 heavy (non-hydrogen) atoms. The number of halogens is 4. The van der Waals surface area contributed by atoms with E-state index < -0.39 is 46.9 Å². The van der Waals surface area contributed by atoms with Crippen molar-refractivity contribution in [3.8, 4) is 0 Å². The van der Waals surface area contributed by atoms with E-state index in [2.05, 4.69) is 4.90 Å². The van der Waals surface area contributed by atoms with E-state index in [1.165, 1.54) is 6.92 Å². The minimum atomic E-state index is -1.76. The van der Waals surface area contributed by atoms with Crippen LogP contribution in [0.2, 0.25) is 0 Å². The highest BCUT2D eigenvalue weighted by Gasteiger charge is 2.31. The third-order valence-corrected chi connectivity index (χ3v) is 6.85. The van der Waals surface area contributed by atoms with E-state index in [1.807, 2.05) is 35.6 Å². The van der Waals surface area contributed by atoms with Crippen LogP contribution < -0.4 is 5.32 Å². The molecule has 206 valence electrons. The number of hydrogen-bond donors (Lipinski definition) is 1. The quantitative estimate of drug-likeness (QED) is 0.175. The van der Waals surface area contributed by atoms with Gasteiger partial charge in [0, 0.05) is 48.8 Å². The summed E-state index contributed by atoms with van der Waals surface area (Å²) in [5.41, 5.74) is 2.07. The van der Waals surface area contributed by atoms with Crippen LogP contribution in [0.3, 0.4) is 0 Å². The lowest BCUT2D eigenvalue weighted by atomic mass is 9.95. The molecule has 0 saturated heterocycles. The van der Waals surface area contributed by atoms with Crippen LogP contribution in [-0.2, 0) is 29.0 Å². The molecule has 1 aliphatic rings. The SMILES string of the molecule is CCC(OC(=O)c1c2c(nc3ccccc13)CCN(Cc1ccccc1)C2)C(=O)Nc1c(F)c(F)cc(F)c1F. The summed E-state index contributed by atoms with van der Waals surface area (Å²) in [7, 11) is 0. The number of nitrogens with one attached hydrogen (secondary N) is 1. The highest BCUT2D eigenvalue weighted by molar-refractivity contribution is 6.06. The van der Waals surface area contributed by atoms with Crippen LogP contribution in [-0.4, -0.2) is 34.4 Å². The number of pyridine rings is 1. The molecule has 3 aromatic carbocycles. The van der Waals surface area contributed by atoms with Crippen molar-refractivity contribution in [1.29, 1.82) is 0 Å². The maximum absolute atomic E-state index is 14.1. The molecule has 0 aliphatic carbocycles. The number of benzene rings is 3. The molecule has 0 radical (unpaired) electrons. The molecule has 5 rings (SSSR count). The summed E-state index contributed by atoms with van der Waals surface area (Å²) in [6.45, 7) is 3.32. The van der Waals surface area contributed by atoms with Gasteiger partial charge in [0.15, 0.2) is 29.4 Å². The van der Waals surface area contributed by atoms with Crippen molar-refractivity contribution in [2.45, 2.75) is 39.0 Å². The van der Waals surface area contributed by atoms with Crippen LogP contribution >= 0.6 is 0 Å². The summed E-state index contributed by atoms with van der Waals surface area (Å²) < 4.78 is 61.1. The number of anilines is 1. The summed E-state index contributed by atoms with van der Waals surface area (Å²) in [4.78, 5) is 33.4. The lowest BCUT2D eigenvalue weighted by molar-refractivity contribution is -0.124. The van der Waals surface area contributed by atoms with Crippen LogP contribution in [0.1, 0.15) is 40.5 Å². The maximum atomic E-state index is 14.1. The van der Waals surface area contributed by atoms with Gasteiger partial charge in [-0.1, -0.05) is 55.5 Å². The summed E-state index contributed by atoms with van der Waals surface area (Å²) in [5.74, 6) is -8.81. The van der Waals surface area contributed by atoms with Crippen LogP contribution in [0.4, 0.5) is 23.2 Å². The van der Waals surface area contributed by atoms with Gasteiger partial charge >= 0.3 is 5.97 Å². The van der Waals surface area contributed by atoms with Gasteiger partial charge in [-0.3, -0.25) is 14.7 Å². The van der Waals surface area contributed by atoms with E-state index in [9.17, 15) is 27.2 Å². The van der Waals surface area contributed by atoms with Crippen molar-refractivity contribution >= 4 is 28.5 Å². The van der Waals surface area contributed by atoms with Gasteiger partial charge in [0.2, 0.25) is 0 Å². The van der Waals surface area contributed by atoms with Gasteiger partial charge in [0.25, 0.3) is 5.91 Å². The molecule has 1 aliphatic heterocycles. The van der Waals surface area contributed by atoms with Crippen LogP contribution in [0.15, 0.2) is 60.7 Å². The average molecular weight is 552 g/mol. The highest BCUT2D eigenvalue weighted by atomic mass is 19.2. The minimum Gasteiger partial charge on any atom is -0.449 e. The highest BCUT2D eigenvalue weighted by Crippen LogP contribution is 2.30. The van der Waals surface area contributed by atoms with E-state index in [-0.39, 0.29) is 18.1 Å². The van der Waals surface area contributed by atoms with Crippen LogP contribution in [0.25, 0.3) is 10.9 Å². The number of ether oxygens (including phenoxy) is 1. The number of fused-ring (bicyclic) bond motifs is 2. The number of esters is 1. The second kappa shape index (κ2) is 11.4. The molecule has 4 aromatic rings. The van der Waals surface area contributed by atoms with E-state index in [4.69, 9.17) is 9.72 Å². The summed E-state index contributed by atoms with van der Waals surface area (Å²) in [5, 5.41) is 2.37. The Morgan fingerprint density at radius 1 is 1.00 bits per heavy atom. The van der Waals surface area contributed by atoms with Crippen molar-refractivity contribution in [2.75, 3.05) is 11.9 Å². The predicted molar refractivity (Wildman–Crippen MR) is 140 cm³/mol. The summed E-state index contributed by atoms with van der Waals surface area (Å²) in [6, 6.07) is 17.0. The second-order valence-electron chi connectivity index (χ2n) is 9.51. The molecule has 2 heterocycles. The first-order valence-corrected chi connectivity index (χ1v) is 12.8. The third kappa shape index (κ3) is 5.40. The molecule has 1 N–H and O–H groups in total. The fourth-order valence-electron chi connectivity index (χ4n) is 4.85. The number of aromatic nitrogens is 1. The average Bonchev–Trinajstić information content (AvgIpc) is 2.96. The Bertz CT molecular complexity index is 1570. The lowest BCUT2D eigenvalue weighted by Gasteiger charge is -2.30. The van der Waals surface area contributed by atoms with Crippen LogP contribution in [0, 0.1) is 23.3 Å². The molecular formula is C30H25F4N3O3. The number of amides is 1. The molecule has 1 unspecified atom stereocenters. The standard InChI is InChI=1S/C30H25F4N3O3/c1-2-24(29(38)36-28-26(33)20(31)14-21(32)27(28)34)40-30(39)25-18-10-6-7-11-22(18)35-23-12-13-37(16-19(23)25)15-17-8-4-3-5-9-17/h3-11,14,24H,2,12-13,15-16H2,1H3,(H,36,38). The second-order valence-corrected chi connectivity index (χ2v) is 9.51. The fourth-order valence-corrected chi connectivity index (χ4v) is 4.85. The van der Waals surface area contributed by atoms with Gasteiger partial charge in [-0.15, -0.1) is 0 Å². The Morgan fingerprint density at radius 2 is 1.68 bits per heavy atom. The Balaban J connectivity index is 1.44.